The standard InChI is InChI=1S/C25H23NO3/c1-3-26-22-12-8-7-11-20(22)21(25(26)27)15-19-13-14-23(24(16-19)28-2)29-17-18-9-5-4-6-10-18/h4-16H,3,17H2,1-2H3/b21-15-. The fourth-order valence-electron chi connectivity index (χ4n) is 3.56. The number of carbonyl (C=O) groups excluding carboxylic acids is 1. The Kier molecular flexibility index (Phi) is 5.34. The van der Waals surface area contributed by atoms with Crippen LogP contribution < -0.4 is 14.4 Å². The molecule has 146 valence electrons. The highest BCUT2D eigenvalue weighted by Gasteiger charge is 2.30. The Labute approximate surface area is 171 Å². The maximum absolute atomic E-state index is 12.9. The van der Waals surface area contributed by atoms with Crippen LogP contribution in [0.3, 0.4) is 0 Å². The van der Waals surface area contributed by atoms with Gasteiger partial charge in [0, 0.05) is 17.7 Å². The van der Waals surface area contributed by atoms with Gasteiger partial charge in [-0.1, -0.05) is 54.6 Å². The van der Waals surface area contributed by atoms with E-state index >= 15 is 0 Å². The van der Waals surface area contributed by atoms with Gasteiger partial charge in [-0.15, -0.1) is 0 Å². The van der Waals surface area contributed by atoms with Gasteiger partial charge in [-0.05, 0) is 42.3 Å². The van der Waals surface area contributed by atoms with Crippen LogP contribution in [0, 0.1) is 0 Å². The van der Waals surface area contributed by atoms with Crippen molar-refractivity contribution < 1.29 is 14.3 Å². The summed E-state index contributed by atoms with van der Waals surface area (Å²) >= 11 is 0. The van der Waals surface area contributed by atoms with Crippen molar-refractivity contribution in [1.82, 2.24) is 0 Å². The SMILES string of the molecule is CCN1C(=O)/C(=C\c2ccc(OCc3ccccc3)c(OC)c2)c2ccccc21. The lowest BCUT2D eigenvalue weighted by Crippen LogP contribution is -2.25. The summed E-state index contributed by atoms with van der Waals surface area (Å²) in [6, 6.07) is 23.6. The third-order valence-corrected chi connectivity index (χ3v) is 5.01. The predicted octanol–water partition coefficient (Wildman–Crippen LogP) is 5.18. The van der Waals surface area contributed by atoms with Crippen LogP contribution >= 0.6 is 0 Å². The molecule has 4 nitrogen and oxygen atoms in total. The average Bonchev–Trinajstić information content (AvgIpc) is 3.04. The summed E-state index contributed by atoms with van der Waals surface area (Å²) in [6.45, 7) is 3.09. The fraction of sp³-hybridized carbons (Fsp3) is 0.160. The molecule has 3 aromatic carbocycles. The number of amides is 1. The van der Waals surface area contributed by atoms with Crippen molar-refractivity contribution >= 4 is 23.2 Å². The number of ether oxygens (including phenoxy) is 2. The molecule has 4 heteroatoms. The Bertz CT molecular complexity index is 1060. The first-order valence-electron chi connectivity index (χ1n) is 9.69. The first-order chi connectivity index (χ1) is 14.2. The minimum absolute atomic E-state index is 0.0251. The summed E-state index contributed by atoms with van der Waals surface area (Å²) in [4.78, 5) is 14.7. The fourth-order valence-corrected chi connectivity index (χ4v) is 3.56. The number of likely N-dealkylation sites (N-methyl/N-ethyl adjacent to an activating group) is 1. The number of para-hydroxylation sites is 1. The highest BCUT2D eigenvalue weighted by Crippen LogP contribution is 2.38. The number of hydrogen-bond acceptors (Lipinski definition) is 3. The Balaban J connectivity index is 1.62. The molecule has 1 amide bonds. The van der Waals surface area contributed by atoms with Gasteiger partial charge in [0.15, 0.2) is 11.5 Å². The van der Waals surface area contributed by atoms with Crippen LogP contribution in [0.15, 0.2) is 72.8 Å². The Hall–Kier alpha value is -3.53. The lowest BCUT2D eigenvalue weighted by molar-refractivity contribution is -0.112. The zero-order chi connectivity index (χ0) is 20.2. The van der Waals surface area contributed by atoms with Crippen LogP contribution in [0.5, 0.6) is 11.5 Å². The molecule has 4 rings (SSSR count). The smallest absolute Gasteiger partial charge is 0.258 e. The van der Waals surface area contributed by atoms with Crippen LogP contribution in [0.1, 0.15) is 23.6 Å². The second-order valence-corrected chi connectivity index (χ2v) is 6.81. The molecule has 0 N–H and O–H groups in total. The summed E-state index contributed by atoms with van der Waals surface area (Å²) in [7, 11) is 1.62. The Morgan fingerprint density at radius 3 is 2.45 bits per heavy atom. The average molecular weight is 385 g/mol. The van der Waals surface area contributed by atoms with Gasteiger partial charge in [-0.25, -0.2) is 0 Å². The van der Waals surface area contributed by atoms with Gasteiger partial charge in [0.25, 0.3) is 5.91 Å². The molecule has 1 aliphatic rings. The number of rotatable bonds is 6. The minimum atomic E-state index is 0.0251. The maximum atomic E-state index is 12.9. The normalized spacial score (nSPS) is 14.2. The summed E-state index contributed by atoms with van der Waals surface area (Å²) in [5.41, 5.74) is 4.60. The molecule has 29 heavy (non-hydrogen) atoms. The number of fused-ring (bicyclic) bond motifs is 1. The number of benzene rings is 3. The summed E-state index contributed by atoms with van der Waals surface area (Å²) in [5.74, 6) is 1.34. The first kappa shape index (κ1) is 18.8. The van der Waals surface area contributed by atoms with E-state index in [0.717, 1.165) is 22.4 Å². The second kappa shape index (κ2) is 8.23. The molecule has 0 aliphatic carbocycles. The molecule has 0 fully saturated rings. The number of carbonyl (C=O) groups is 1. The minimum Gasteiger partial charge on any atom is -0.493 e. The van der Waals surface area contributed by atoms with Gasteiger partial charge in [0.05, 0.1) is 12.8 Å². The number of anilines is 1. The molecule has 0 saturated carbocycles. The van der Waals surface area contributed by atoms with E-state index in [-0.39, 0.29) is 5.91 Å². The first-order valence-corrected chi connectivity index (χ1v) is 9.69. The van der Waals surface area contributed by atoms with Gasteiger partial charge in [0.2, 0.25) is 0 Å². The van der Waals surface area contributed by atoms with Crippen LogP contribution in [0.2, 0.25) is 0 Å². The topological polar surface area (TPSA) is 38.8 Å². The number of hydrogen-bond donors (Lipinski definition) is 0. The number of nitrogens with zero attached hydrogens (tertiary/aromatic N) is 1. The molecule has 0 bridgehead atoms. The summed E-state index contributed by atoms with van der Waals surface area (Å²) in [6.07, 6.45) is 1.92. The van der Waals surface area contributed by atoms with Crippen LogP contribution in [-0.4, -0.2) is 19.6 Å². The van der Waals surface area contributed by atoms with Crippen LogP contribution in [-0.2, 0) is 11.4 Å². The summed E-state index contributed by atoms with van der Waals surface area (Å²) in [5, 5.41) is 0. The molecule has 1 aliphatic heterocycles. The van der Waals surface area contributed by atoms with E-state index in [4.69, 9.17) is 9.47 Å². The zero-order valence-corrected chi connectivity index (χ0v) is 16.6. The van der Waals surface area contributed by atoms with E-state index in [9.17, 15) is 4.79 Å². The van der Waals surface area contributed by atoms with Crippen molar-refractivity contribution in [3.8, 4) is 11.5 Å². The van der Waals surface area contributed by atoms with Crippen molar-refractivity contribution in [1.29, 1.82) is 0 Å². The Morgan fingerprint density at radius 1 is 0.931 bits per heavy atom. The molecular weight excluding hydrogens is 362 g/mol. The molecule has 1 heterocycles. The van der Waals surface area contributed by atoms with Gasteiger partial charge >= 0.3 is 0 Å². The highest BCUT2D eigenvalue weighted by atomic mass is 16.5. The highest BCUT2D eigenvalue weighted by molar-refractivity contribution is 6.35. The van der Waals surface area contributed by atoms with E-state index in [1.54, 1.807) is 12.0 Å². The monoisotopic (exact) mass is 385 g/mol. The molecule has 0 unspecified atom stereocenters. The maximum Gasteiger partial charge on any atom is 0.258 e. The molecule has 0 atom stereocenters. The predicted molar refractivity (Wildman–Crippen MR) is 116 cm³/mol. The molecule has 3 aromatic rings. The molecule has 0 saturated heterocycles. The van der Waals surface area contributed by atoms with Crippen molar-refractivity contribution in [3.63, 3.8) is 0 Å². The van der Waals surface area contributed by atoms with Gasteiger partial charge in [-0.2, -0.15) is 0 Å². The molecule has 0 spiro atoms. The zero-order valence-electron chi connectivity index (χ0n) is 16.6. The van der Waals surface area contributed by atoms with E-state index in [1.807, 2.05) is 85.8 Å². The second-order valence-electron chi connectivity index (χ2n) is 6.81. The van der Waals surface area contributed by atoms with E-state index in [2.05, 4.69) is 0 Å². The van der Waals surface area contributed by atoms with Crippen molar-refractivity contribution in [3.05, 3.63) is 89.5 Å². The summed E-state index contributed by atoms with van der Waals surface area (Å²) < 4.78 is 11.5. The molecule has 0 aromatic heterocycles. The van der Waals surface area contributed by atoms with E-state index in [1.165, 1.54) is 0 Å². The largest absolute Gasteiger partial charge is 0.493 e. The van der Waals surface area contributed by atoms with E-state index in [0.29, 0.717) is 30.2 Å². The van der Waals surface area contributed by atoms with E-state index < -0.39 is 0 Å². The lowest BCUT2D eigenvalue weighted by atomic mass is 10.0. The van der Waals surface area contributed by atoms with Gasteiger partial charge < -0.3 is 14.4 Å². The quantitative estimate of drug-likeness (QED) is 0.549. The van der Waals surface area contributed by atoms with Gasteiger partial charge in [0.1, 0.15) is 6.61 Å². The third-order valence-electron chi connectivity index (χ3n) is 5.01. The van der Waals surface area contributed by atoms with Gasteiger partial charge in [-0.3, -0.25) is 4.79 Å². The van der Waals surface area contributed by atoms with Crippen molar-refractivity contribution in [2.45, 2.75) is 13.5 Å². The van der Waals surface area contributed by atoms with Crippen molar-refractivity contribution in [2.24, 2.45) is 0 Å². The third kappa shape index (κ3) is 3.74. The van der Waals surface area contributed by atoms with Crippen LogP contribution in [0.25, 0.3) is 11.6 Å². The van der Waals surface area contributed by atoms with Crippen molar-refractivity contribution in [2.75, 3.05) is 18.6 Å². The Morgan fingerprint density at radius 2 is 1.69 bits per heavy atom. The molecular formula is C25H23NO3. The van der Waals surface area contributed by atoms with Crippen LogP contribution in [0.4, 0.5) is 5.69 Å². The number of methoxy groups -OCH3 is 1. The molecule has 0 radical (unpaired) electrons. The lowest BCUT2D eigenvalue weighted by Gasteiger charge is -2.13.